The molecular formula is C32H16S6. The Hall–Kier alpha value is -2.84. The fourth-order valence-corrected chi connectivity index (χ4v) is 12.4. The quantitative estimate of drug-likeness (QED) is 0.164. The van der Waals surface area contributed by atoms with E-state index in [0.29, 0.717) is 0 Å². The molecule has 0 unspecified atom stereocenters. The molecule has 0 saturated carbocycles. The molecular weight excluding hydrogens is 577 g/mol. The molecule has 0 atom stereocenters. The number of hydrogen-bond donors (Lipinski definition) is 0. The van der Waals surface area contributed by atoms with Crippen LogP contribution in [0.15, 0.2) is 95.7 Å². The van der Waals surface area contributed by atoms with Crippen LogP contribution in [0, 0.1) is 0 Å². The first-order valence-corrected chi connectivity index (χ1v) is 17.2. The molecule has 180 valence electrons. The largest absolute Gasteiger partial charge is 0.144 e. The summed E-state index contributed by atoms with van der Waals surface area (Å²) in [6.07, 6.45) is 0. The van der Waals surface area contributed by atoms with Crippen LogP contribution >= 0.6 is 68.0 Å². The Morgan fingerprint density at radius 2 is 0.763 bits per heavy atom. The molecule has 38 heavy (non-hydrogen) atoms. The van der Waals surface area contributed by atoms with Gasteiger partial charge in [-0.05, 0) is 70.1 Å². The molecule has 0 aliphatic heterocycles. The summed E-state index contributed by atoms with van der Waals surface area (Å²) in [5, 5.41) is 12.8. The van der Waals surface area contributed by atoms with Crippen LogP contribution in [0.25, 0.3) is 79.3 Å². The van der Waals surface area contributed by atoms with Crippen LogP contribution < -0.4 is 0 Å². The maximum atomic E-state index is 2.37. The van der Waals surface area contributed by atoms with Crippen LogP contribution in [0.1, 0.15) is 0 Å². The maximum Gasteiger partial charge on any atom is 0.0542 e. The Bertz CT molecular complexity index is 2290. The van der Waals surface area contributed by atoms with E-state index >= 15 is 0 Å². The number of benzene rings is 4. The first-order chi connectivity index (χ1) is 18.8. The lowest BCUT2D eigenvalue weighted by Crippen LogP contribution is -1.63. The van der Waals surface area contributed by atoms with Gasteiger partial charge in [-0.1, -0.05) is 36.4 Å². The van der Waals surface area contributed by atoms with E-state index in [1.165, 1.54) is 79.3 Å². The Kier molecular flexibility index (Phi) is 4.83. The molecule has 0 saturated heterocycles. The molecule has 0 nitrogen and oxygen atoms in total. The van der Waals surface area contributed by atoms with Gasteiger partial charge in [0.15, 0.2) is 0 Å². The van der Waals surface area contributed by atoms with Crippen molar-refractivity contribution in [3.8, 4) is 0 Å². The molecule has 6 aromatic heterocycles. The zero-order valence-electron chi connectivity index (χ0n) is 19.7. The van der Waals surface area contributed by atoms with Crippen molar-refractivity contribution in [2.24, 2.45) is 0 Å². The highest BCUT2D eigenvalue weighted by molar-refractivity contribution is 7.37. The molecule has 6 heteroatoms. The van der Waals surface area contributed by atoms with Gasteiger partial charge in [-0.3, -0.25) is 0 Å². The second kappa shape index (κ2) is 8.33. The molecule has 6 heterocycles. The lowest BCUT2D eigenvalue weighted by atomic mass is 10.2. The third-order valence-corrected chi connectivity index (χ3v) is 13.9. The minimum Gasteiger partial charge on any atom is -0.144 e. The normalized spacial score (nSPS) is 12.2. The summed E-state index contributed by atoms with van der Waals surface area (Å²) in [4.78, 5) is 0. The van der Waals surface area contributed by atoms with Crippen molar-refractivity contribution >= 4 is 147 Å². The van der Waals surface area contributed by atoms with Gasteiger partial charge < -0.3 is 0 Å². The summed E-state index contributed by atoms with van der Waals surface area (Å²) in [6.45, 7) is 0. The Labute approximate surface area is 241 Å². The molecule has 0 fully saturated rings. The van der Waals surface area contributed by atoms with E-state index in [1.807, 2.05) is 68.0 Å². The monoisotopic (exact) mass is 592 g/mol. The van der Waals surface area contributed by atoms with Gasteiger partial charge in [0, 0.05) is 49.7 Å². The van der Waals surface area contributed by atoms with E-state index in [9.17, 15) is 0 Å². The van der Waals surface area contributed by atoms with Crippen molar-refractivity contribution in [3.05, 3.63) is 95.7 Å². The zero-order chi connectivity index (χ0) is 24.8. The third kappa shape index (κ3) is 3.22. The van der Waals surface area contributed by atoms with Gasteiger partial charge in [-0.15, -0.1) is 68.0 Å². The summed E-state index contributed by atoms with van der Waals surface area (Å²) < 4.78 is 14.2. The van der Waals surface area contributed by atoms with Crippen molar-refractivity contribution in [1.82, 2.24) is 0 Å². The summed E-state index contributed by atoms with van der Waals surface area (Å²) >= 11 is 11.4. The SMILES string of the molecule is c1cc2cc3c(cc2s1)sc1c2cc4ccsc4cc2sc31.c1ccc2c(c1)sc1c3ccccc3sc21. The fourth-order valence-electron chi connectivity index (χ4n) is 5.33. The predicted octanol–water partition coefficient (Wildman–Crippen LogP) is 13.0. The van der Waals surface area contributed by atoms with Gasteiger partial charge >= 0.3 is 0 Å². The summed E-state index contributed by atoms with van der Waals surface area (Å²) in [7, 11) is 0. The highest BCUT2D eigenvalue weighted by atomic mass is 32.1. The zero-order valence-corrected chi connectivity index (χ0v) is 24.6. The van der Waals surface area contributed by atoms with E-state index in [0.717, 1.165) is 0 Å². The van der Waals surface area contributed by atoms with Crippen LogP contribution in [0.4, 0.5) is 0 Å². The van der Waals surface area contributed by atoms with Crippen molar-refractivity contribution in [3.63, 3.8) is 0 Å². The predicted molar refractivity (Wildman–Crippen MR) is 180 cm³/mol. The lowest BCUT2D eigenvalue weighted by Gasteiger charge is -1.93. The van der Waals surface area contributed by atoms with Gasteiger partial charge in [0.1, 0.15) is 0 Å². The number of hydrogen-bond acceptors (Lipinski definition) is 6. The lowest BCUT2D eigenvalue weighted by molar-refractivity contribution is 1.87. The van der Waals surface area contributed by atoms with Gasteiger partial charge in [-0.25, -0.2) is 0 Å². The van der Waals surface area contributed by atoms with Gasteiger partial charge in [0.25, 0.3) is 0 Å². The molecule has 10 aromatic rings. The molecule has 0 aliphatic carbocycles. The van der Waals surface area contributed by atoms with Crippen LogP contribution in [0.2, 0.25) is 0 Å². The van der Waals surface area contributed by atoms with E-state index in [-0.39, 0.29) is 0 Å². The topological polar surface area (TPSA) is 0 Å². The van der Waals surface area contributed by atoms with Crippen LogP contribution in [-0.4, -0.2) is 0 Å². The smallest absolute Gasteiger partial charge is 0.0542 e. The molecule has 0 bridgehead atoms. The Morgan fingerprint density at radius 1 is 0.342 bits per heavy atom. The Balaban J connectivity index is 0.000000117. The van der Waals surface area contributed by atoms with E-state index in [2.05, 4.69) is 95.7 Å². The molecule has 0 N–H and O–H groups in total. The number of fused-ring (bicyclic) bond motifs is 12. The van der Waals surface area contributed by atoms with Crippen LogP contribution in [0.5, 0.6) is 0 Å². The minimum absolute atomic E-state index is 1.37. The second-order valence-corrected chi connectivity index (χ2v) is 15.4. The highest BCUT2D eigenvalue weighted by Crippen LogP contribution is 2.47. The van der Waals surface area contributed by atoms with E-state index in [1.54, 1.807) is 0 Å². The van der Waals surface area contributed by atoms with Crippen LogP contribution in [0.3, 0.4) is 0 Å². The Morgan fingerprint density at radius 3 is 1.26 bits per heavy atom. The fraction of sp³-hybridized carbons (Fsp3) is 0. The van der Waals surface area contributed by atoms with Gasteiger partial charge in [0.2, 0.25) is 0 Å². The van der Waals surface area contributed by atoms with Crippen molar-refractivity contribution in [1.29, 1.82) is 0 Å². The molecule has 4 aromatic carbocycles. The van der Waals surface area contributed by atoms with Gasteiger partial charge in [-0.2, -0.15) is 0 Å². The van der Waals surface area contributed by atoms with Crippen molar-refractivity contribution < 1.29 is 0 Å². The average Bonchev–Trinajstić information content (AvgIpc) is 3.77. The van der Waals surface area contributed by atoms with Gasteiger partial charge in [0.05, 0.1) is 18.8 Å². The first kappa shape index (κ1) is 22.0. The number of rotatable bonds is 0. The van der Waals surface area contributed by atoms with Crippen molar-refractivity contribution in [2.45, 2.75) is 0 Å². The second-order valence-electron chi connectivity index (χ2n) is 9.33. The molecule has 10 rings (SSSR count). The third-order valence-electron chi connectivity index (χ3n) is 7.12. The average molecular weight is 593 g/mol. The van der Waals surface area contributed by atoms with E-state index < -0.39 is 0 Å². The standard InChI is InChI=1S/C18H8S4.C14H8S2/c1-3-19-13-7-15-11(5-9(1)13)17-18(21-15)12-6-10-2-4-20-14(10)8-16(12)22-17;1-3-7-11-9(5-1)13-14(15-11)10-6-2-4-8-12(10)16-13/h1-8H;1-8H. The minimum atomic E-state index is 1.37. The number of thiophene rings is 6. The van der Waals surface area contributed by atoms with Crippen molar-refractivity contribution in [2.75, 3.05) is 0 Å². The van der Waals surface area contributed by atoms with Crippen LogP contribution in [-0.2, 0) is 0 Å². The summed E-state index contributed by atoms with van der Waals surface area (Å²) in [5.74, 6) is 0. The molecule has 0 amide bonds. The maximum absolute atomic E-state index is 2.37. The molecule has 0 aliphatic rings. The molecule has 0 radical (unpaired) electrons. The summed E-state index contributed by atoms with van der Waals surface area (Å²) in [5.41, 5.74) is 0. The summed E-state index contributed by atoms with van der Waals surface area (Å²) in [6, 6.07) is 31.3. The van der Waals surface area contributed by atoms with E-state index in [4.69, 9.17) is 0 Å². The first-order valence-electron chi connectivity index (χ1n) is 12.2. The highest BCUT2D eigenvalue weighted by Gasteiger charge is 2.14. The molecule has 0 spiro atoms.